The minimum atomic E-state index is -2.98. The molecule has 1 fully saturated rings. The maximum atomic E-state index is 12.1. The molecular formula is C13H26BrNO2S. The molecule has 0 aromatic carbocycles. The van der Waals surface area contributed by atoms with Gasteiger partial charge in [0.15, 0.2) is 9.84 Å². The van der Waals surface area contributed by atoms with Crippen molar-refractivity contribution in [2.75, 3.05) is 24.2 Å². The van der Waals surface area contributed by atoms with E-state index in [1.54, 1.807) is 20.8 Å². The van der Waals surface area contributed by atoms with Crippen molar-refractivity contribution in [1.82, 2.24) is 4.90 Å². The quantitative estimate of drug-likeness (QED) is 0.698. The second-order valence-electron chi connectivity index (χ2n) is 6.09. The zero-order chi connectivity index (χ0) is 13.8. The lowest BCUT2D eigenvalue weighted by atomic mass is 10.1. The van der Waals surface area contributed by atoms with Gasteiger partial charge in [-0.25, -0.2) is 8.42 Å². The molecule has 1 aliphatic rings. The van der Waals surface area contributed by atoms with Crippen molar-refractivity contribution < 1.29 is 8.42 Å². The van der Waals surface area contributed by atoms with Crippen LogP contribution in [0.4, 0.5) is 0 Å². The maximum Gasteiger partial charge on any atom is 0.156 e. The Hall–Kier alpha value is 0.390. The van der Waals surface area contributed by atoms with Crippen molar-refractivity contribution in [2.24, 2.45) is 0 Å². The number of rotatable bonds is 6. The summed E-state index contributed by atoms with van der Waals surface area (Å²) in [5.41, 5.74) is 0. The molecule has 0 aliphatic carbocycles. The Morgan fingerprint density at radius 1 is 1.33 bits per heavy atom. The average molecular weight is 340 g/mol. The summed E-state index contributed by atoms with van der Waals surface area (Å²) in [5.74, 6) is 0.293. The Balaban J connectivity index is 2.48. The van der Waals surface area contributed by atoms with E-state index in [-0.39, 0.29) is 0 Å². The molecular weight excluding hydrogens is 314 g/mol. The van der Waals surface area contributed by atoms with Gasteiger partial charge in [0.05, 0.1) is 10.5 Å². The van der Waals surface area contributed by atoms with Gasteiger partial charge in [-0.3, -0.25) is 4.90 Å². The van der Waals surface area contributed by atoms with Crippen LogP contribution in [-0.4, -0.2) is 48.3 Å². The fraction of sp³-hybridized carbons (Fsp3) is 1.00. The summed E-state index contributed by atoms with van der Waals surface area (Å²) in [7, 11) is -2.98. The van der Waals surface area contributed by atoms with Crippen LogP contribution in [0.3, 0.4) is 0 Å². The minimum Gasteiger partial charge on any atom is -0.299 e. The summed E-state index contributed by atoms with van der Waals surface area (Å²) >= 11 is 3.46. The van der Waals surface area contributed by atoms with Gasteiger partial charge in [0, 0.05) is 17.9 Å². The molecule has 1 aliphatic heterocycles. The number of sulfone groups is 1. The molecule has 5 heteroatoms. The van der Waals surface area contributed by atoms with Gasteiger partial charge in [-0.1, -0.05) is 15.9 Å². The third-order valence-corrected chi connectivity index (χ3v) is 6.90. The largest absolute Gasteiger partial charge is 0.299 e. The number of hydrogen-bond acceptors (Lipinski definition) is 3. The van der Waals surface area contributed by atoms with E-state index in [4.69, 9.17) is 0 Å². The lowest BCUT2D eigenvalue weighted by Gasteiger charge is -2.26. The molecule has 0 aromatic rings. The van der Waals surface area contributed by atoms with E-state index in [1.807, 2.05) is 0 Å². The first-order valence-electron chi connectivity index (χ1n) is 6.80. The molecule has 1 atom stereocenters. The summed E-state index contributed by atoms with van der Waals surface area (Å²) in [5, 5.41) is 1.04. The summed E-state index contributed by atoms with van der Waals surface area (Å²) in [4.78, 5) is 2.37. The van der Waals surface area contributed by atoms with E-state index in [1.165, 1.54) is 25.7 Å². The summed E-state index contributed by atoms with van der Waals surface area (Å²) < 4.78 is 23.6. The predicted octanol–water partition coefficient (Wildman–Crippen LogP) is 2.84. The van der Waals surface area contributed by atoms with Gasteiger partial charge in [-0.15, -0.1) is 0 Å². The number of alkyl halides is 1. The molecule has 1 saturated heterocycles. The van der Waals surface area contributed by atoms with Crippen molar-refractivity contribution in [3.63, 3.8) is 0 Å². The Morgan fingerprint density at radius 2 is 2.00 bits per heavy atom. The van der Waals surface area contributed by atoms with Gasteiger partial charge in [0.1, 0.15) is 0 Å². The molecule has 108 valence electrons. The molecule has 1 heterocycles. The van der Waals surface area contributed by atoms with Gasteiger partial charge < -0.3 is 0 Å². The topological polar surface area (TPSA) is 37.4 Å². The maximum absolute atomic E-state index is 12.1. The zero-order valence-corrected chi connectivity index (χ0v) is 14.2. The van der Waals surface area contributed by atoms with Crippen LogP contribution in [0.2, 0.25) is 0 Å². The standard InChI is InChI=1S/C13H26BrNO2S/c1-13(2,3)18(16,17)11-10-15-9-5-7-12(15)6-4-8-14/h12H,4-11H2,1-3H3. The predicted molar refractivity (Wildman–Crippen MR) is 81.2 cm³/mol. The van der Waals surface area contributed by atoms with Gasteiger partial charge in [-0.2, -0.15) is 0 Å². The molecule has 1 rings (SSSR count). The van der Waals surface area contributed by atoms with Crippen molar-refractivity contribution in [1.29, 1.82) is 0 Å². The average Bonchev–Trinajstić information content (AvgIpc) is 2.69. The zero-order valence-electron chi connectivity index (χ0n) is 11.8. The first-order chi connectivity index (χ1) is 8.28. The molecule has 0 bridgehead atoms. The Kier molecular flexibility index (Phi) is 6.13. The number of likely N-dealkylation sites (tertiary alicyclic amines) is 1. The van der Waals surface area contributed by atoms with Gasteiger partial charge in [0.25, 0.3) is 0 Å². The second-order valence-corrected chi connectivity index (χ2v) is 9.75. The SMILES string of the molecule is CC(C)(C)S(=O)(=O)CCN1CCCC1CCCBr. The van der Waals surface area contributed by atoms with Crippen LogP contribution in [-0.2, 0) is 9.84 Å². The van der Waals surface area contributed by atoms with Crippen LogP contribution in [0.1, 0.15) is 46.5 Å². The van der Waals surface area contributed by atoms with E-state index in [2.05, 4.69) is 20.8 Å². The highest BCUT2D eigenvalue weighted by atomic mass is 79.9. The van der Waals surface area contributed by atoms with Crippen LogP contribution in [0.15, 0.2) is 0 Å². The van der Waals surface area contributed by atoms with Crippen LogP contribution in [0.25, 0.3) is 0 Å². The lowest BCUT2D eigenvalue weighted by molar-refractivity contribution is 0.255. The monoisotopic (exact) mass is 339 g/mol. The normalized spacial score (nSPS) is 22.6. The Bertz CT molecular complexity index is 348. The Labute approximate surface area is 120 Å². The van der Waals surface area contributed by atoms with E-state index < -0.39 is 14.6 Å². The van der Waals surface area contributed by atoms with Crippen LogP contribution in [0, 0.1) is 0 Å². The van der Waals surface area contributed by atoms with E-state index >= 15 is 0 Å². The van der Waals surface area contributed by atoms with Crippen LogP contribution in [0.5, 0.6) is 0 Å². The number of hydrogen-bond donors (Lipinski definition) is 0. The fourth-order valence-corrected chi connectivity index (χ4v) is 3.78. The van der Waals surface area contributed by atoms with E-state index in [0.29, 0.717) is 18.3 Å². The van der Waals surface area contributed by atoms with Crippen molar-refractivity contribution in [3.8, 4) is 0 Å². The molecule has 0 N–H and O–H groups in total. The van der Waals surface area contributed by atoms with Gasteiger partial charge in [0.2, 0.25) is 0 Å². The van der Waals surface area contributed by atoms with Crippen molar-refractivity contribution in [3.05, 3.63) is 0 Å². The summed E-state index contributed by atoms with van der Waals surface area (Å²) in [6.07, 6.45) is 4.79. The van der Waals surface area contributed by atoms with Crippen LogP contribution < -0.4 is 0 Å². The molecule has 0 aromatic heterocycles. The van der Waals surface area contributed by atoms with E-state index in [9.17, 15) is 8.42 Å². The number of nitrogens with zero attached hydrogens (tertiary/aromatic N) is 1. The highest BCUT2D eigenvalue weighted by molar-refractivity contribution is 9.09. The minimum absolute atomic E-state index is 0.293. The smallest absolute Gasteiger partial charge is 0.156 e. The van der Waals surface area contributed by atoms with Crippen molar-refractivity contribution >= 4 is 25.8 Å². The first-order valence-corrected chi connectivity index (χ1v) is 9.57. The molecule has 0 amide bonds. The molecule has 0 saturated carbocycles. The van der Waals surface area contributed by atoms with Crippen molar-refractivity contribution in [2.45, 2.75) is 57.2 Å². The molecule has 0 radical (unpaired) electrons. The third kappa shape index (κ3) is 4.49. The molecule has 18 heavy (non-hydrogen) atoms. The van der Waals surface area contributed by atoms with Crippen LogP contribution >= 0.6 is 15.9 Å². The van der Waals surface area contributed by atoms with E-state index in [0.717, 1.165) is 11.9 Å². The molecule has 1 unspecified atom stereocenters. The second kappa shape index (κ2) is 6.71. The highest BCUT2D eigenvalue weighted by Crippen LogP contribution is 2.23. The van der Waals surface area contributed by atoms with Gasteiger partial charge >= 0.3 is 0 Å². The highest BCUT2D eigenvalue weighted by Gasteiger charge is 2.31. The molecule has 3 nitrogen and oxygen atoms in total. The summed E-state index contributed by atoms with van der Waals surface area (Å²) in [6, 6.07) is 0.595. The number of halogens is 1. The first kappa shape index (κ1) is 16.4. The third-order valence-electron chi connectivity index (χ3n) is 3.75. The van der Waals surface area contributed by atoms with Gasteiger partial charge in [-0.05, 0) is 53.0 Å². The summed E-state index contributed by atoms with van der Waals surface area (Å²) in [6.45, 7) is 7.12. The fourth-order valence-electron chi connectivity index (χ4n) is 2.37. The molecule has 0 spiro atoms. The Morgan fingerprint density at radius 3 is 2.56 bits per heavy atom. The lowest BCUT2D eigenvalue weighted by Crippen LogP contribution is -2.38.